The van der Waals surface area contributed by atoms with E-state index in [2.05, 4.69) is 4.72 Å². The topological polar surface area (TPSA) is 75.7 Å². The van der Waals surface area contributed by atoms with Crippen LogP contribution in [0, 0.1) is 0 Å². The third-order valence-corrected chi connectivity index (χ3v) is 6.99. The van der Waals surface area contributed by atoms with E-state index in [1.54, 1.807) is 35.2 Å². The average molecular weight is 471 g/mol. The van der Waals surface area contributed by atoms with Crippen LogP contribution in [0.15, 0.2) is 77.7 Å². The standard InChI is InChI=1S/C24H23ClN2O4S/c1-2-22(17-7-4-3-5-8-17)27-15-18-13-20(11-12-23(18)31-16-24(27)28)26-32(29,30)21-10-6-9-19(25)14-21/h3-14,22,26H,2,15-16H2,1H3/t22-/m1/s1. The highest BCUT2D eigenvalue weighted by atomic mass is 35.5. The summed E-state index contributed by atoms with van der Waals surface area (Å²) >= 11 is 5.94. The Morgan fingerprint density at radius 2 is 1.84 bits per heavy atom. The third kappa shape index (κ3) is 4.74. The summed E-state index contributed by atoms with van der Waals surface area (Å²) in [6.07, 6.45) is 0.742. The summed E-state index contributed by atoms with van der Waals surface area (Å²) in [6.45, 7) is 2.28. The molecule has 0 saturated carbocycles. The van der Waals surface area contributed by atoms with E-state index in [1.807, 2.05) is 37.3 Å². The van der Waals surface area contributed by atoms with Crippen molar-refractivity contribution in [2.24, 2.45) is 0 Å². The molecule has 32 heavy (non-hydrogen) atoms. The number of nitrogens with one attached hydrogen (secondary N) is 1. The number of hydrogen-bond donors (Lipinski definition) is 1. The summed E-state index contributed by atoms with van der Waals surface area (Å²) in [4.78, 5) is 14.7. The Morgan fingerprint density at radius 1 is 1.06 bits per heavy atom. The van der Waals surface area contributed by atoms with Crippen molar-refractivity contribution in [3.05, 3.63) is 88.9 Å². The molecule has 0 bridgehead atoms. The summed E-state index contributed by atoms with van der Waals surface area (Å²) in [5, 5.41) is 0.337. The van der Waals surface area contributed by atoms with Crippen LogP contribution in [0.3, 0.4) is 0 Å². The number of rotatable bonds is 6. The molecule has 1 N–H and O–H groups in total. The largest absolute Gasteiger partial charge is 0.483 e. The lowest BCUT2D eigenvalue weighted by atomic mass is 10.0. The molecule has 0 fully saturated rings. The van der Waals surface area contributed by atoms with Crippen LogP contribution >= 0.6 is 11.6 Å². The van der Waals surface area contributed by atoms with Gasteiger partial charge in [0.25, 0.3) is 15.9 Å². The molecule has 0 aliphatic carbocycles. The van der Waals surface area contributed by atoms with Gasteiger partial charge in [-0.15, -0.1) is 0 Å². The molecule has 0 aromatic heterocycles. The smallest absolute Gasteiger partial charge is 0.261 e. The van der Waals surface area contributed by atoms with Crippen LogP contribution in [-0.4, -0.2) is 25.8 Å². The van der Waals surface area contributed by atoms with Crippen LogP contribution in [0.5, 0.6) is 5.75 Å². The molecule has 0 radical (unpaired) electrons. The molecule has 3 aromatic rings. The van der Waals surface area contributed by atoms with Gasteiger partial charge in [-0.2, -0.15) is 0 Å². The Balaban J connectivity index is 1.63. The molecule has 0 unspecified atom stereocenters. The van der Waals surface area contributed by atoms with Gasteiger partial charge in [0.2, 0.25) is 0 Å². The summed E-state index contributed by atoms with van der Waals surface area (Å²) in [6, 6.07) is 20.8. The Morgan fingerprint density at radius 3 is 2.56 bits per heavy atom. The van der Waals surface area contributed by atoms with Crippen molar-refractivity contribution in [1.82, 2.24) is 4.90 Å². The van der Waals surface area contributed by atoms with E-state index in [0.717, 1.165) is 17.5 Å². The van der Waals surface area contributed by atoms with E-state index >= 15 is 0 Å². The Labute approximate surface area is 192 Å². The lowest BCUT2D eigenvalue weighted by molar-refractivity contribution is -0.135. The molecule has 6 nitrogen and oxygen atoms in total. The monoisotopic (exact) mass is 470 g/mol. The lowest BCUT2D eigenvalue weighted by Crippen LogP contribution is -2.35. The summed E-state index contributed by atoms with van der Waals surface area (Å²) in [5.74, 6) is 0.451. The van der Waals surface area contributed by atoms with Crippen molar-refractivity contribution in [3.63, 3.8) is 0 Å². The van der Waals surface area contributed by atoms with Crippen molar-refractivity contribution in [2.75, 3.05) is 11.3 Å². The molecular weight excluding hydrogens is 448 g/mol. The first-order valence-electron chi connectivity index (χ1n) is 10.3. The zero-order valence-corrected chi connectivity index (χ0v) is 19.1. The second-order valence-corrected chi connectivity index (χ2v) is 9.65. The van der Waals surface area contributed by atoms with E-state index in [-0.39, 0.29) is 23.5 Å². The Bertz CT molecular complexity index is 1230. The maximum atomic E-state index is 12.9. The van der Waals surface area contributed by atoms with E-state index in [4.69, 9.17) is 16.3 Å². The fourth-order valence-electron chi connectivity index (χ4n) is 3.84. The van der Waals surface area contributed by atoms with E-state index < -0.39 is 10.0 Å². The Hall–Kier alpha value is -3.03. The predicted octanol–water partition coefficient (Wildman–Crippen LogP) is 5.01. The molecule has 4 rings (SSSR count). The molecule has 166 valence electrons. The van der Waals surface area contributed by atoms with Crippen molar-refractivity contribution in [2.45, 2.75) is 30.8 Å². The number of carbonyl (C=O) groups is 1. The van der Waals surface area contributed by atoms with Crippen molar-refractivity contribution in [3.8, 4) is 5.75 Å². The number of amides is 1. The molecule has 1 atom stereocenters. The molecule has 1 heterocycles. The van der Waals surface area contributed by atoms with E-state index in [1.165, 1.54) is 12.1 Å². The zero-order valence-electron chi connectivity index (χ0n) is 17.5. The lowest BCUT2D eigenvalue weighted by Gasteiger charge is -2.30. The molecule has 1 aliphatic rings. The maximum Gasteiger partial charge on any atom is 0.261 e. The molecule has 0 saturated heterocycles. The molecule has 0 spiro atoms. The third-order valence-electron chi connectivity index (χ3n) is 5.38. The summed E-state index contributed by atoms with van der Waals surface area (Å²) < 4.78 is 33.9. The summed E-state index contributed by atoms with van der Waals surface area (Å²) in [5.41, 5.74) is 2.16. The van der Waals surface area contributed by atoms with E-state index in [0.29, 0.717) is 23.0 Å². The van der Waals surface area contributed by atoms with E-state index in [9.17, 15) is 13.2 Å². The van der Waals surface area contributed by atoms with Crippen LogP contribution in [0.1, 0.15) is 30.5 Å². The fraction of sp³-hybridized carbons (Fsp3) is 0.208. The number of nitrogens with zero attached hydrogens (tertiary/aromatic N) is 1. The molecular formula is C24H23ClN2O4S. The highest BCUT2D eigenvalue weighted by Gasteiger charge is 2.28. The number of carbonyl (C=O) groups excluding carboxylic acids is 1. The minimum atomic E-state index is -3.82. The molecule has 1 amide bonds. The molecule has 1 aliphatic heterocycles. The highest BCUT2D eigenvalue weighted by Crippen LogP contribution is 2.33. The van der Waals surface area contributed by atoms with Gasteiger partial charge in [-0.05, 0) is 48.4 Å². The van der Waals surface area contributed by atoms with Crippen LogP contribution in [0.4, 0.5) is 5.69 Å². The maximum absolute atomic E-state index is 12.9. The van der Waals surface area contributed by atoms with Gasteiger partial charge < -0.3 is 9.64 Å². The second kappa shape index (κ2) is 9.22. The number of sulfonamides is 1. The van der Waals surface area contributed by atoms with Gasteiger partial charge in [0.15, 0.2) is 6.61 Å². The number of benzene rings is 3. The van der Waals surface area contributed by atoms with Crippen molar-refractivity contribution >= 4 is 33.2 Å². The van der Waals surface area contributed by atoms with Crippen LogP contribution in [0.25, 0.3) is 0 Å². The van der Waals surface area contributed by atoms with Crippen LogP contribution in [-0.2, 0) is 21.4 Å². The minimum absolute atomic E-state index is 0.0656. The number of ether oxygens (including phenoxy) is 1. The first-order chi connectivity index (χ1) is 15.4. The van der Waals surface area contributed by atoms with Crippen LogP contribution < -0.4 is 9.46 Å². The van der Waals surface area contributed by atoms with Gasteiger partial charge in [0, 0.05) is 16.3 Å². The highest BCUT2D eigenvalue weighted by molar-refractivity contribution is 7.92. The number of fused-ring (bicyclic) bond motifs is 1. The zero-order chi connectivity index (χ0) is 22.7. The molecule has 3 aromatic carbocycles. The van der Waals surface area contributed by atoms with Gasteiger partial charge in [-0.25, -0.2) is 8.42 Å². The number of anilines is 1. The number of hydrogen-bond acceptors (Lipinski definition) is 4. The fourth-order valence-corrected chi connectivity index (χ4v) is 5.19. The van der Waals surface area contributed by atoms with Gasteiger partial charge in [0.1, 0.15) is 5.75 Å². The Kier molecular flexibility index (Phi) is 6.39. The van der Waals surface area contributed by atoms with Gasteiger partial charge >= 0.3 is 0 Å². The van der Waals surface area contributed by atoms with Crippen molar-refractivity contribution in [1.29, 1.82) is 0 Å². The number of halogens is 1. The normalized spacial score (nSPS) is 14.8. The van der Waals surface area contributed by atoms with Crippen LogP contribution in [0.2, 0.25) is 5.02 Å². The summed E-state index contributed by atoms with van der Waals surface area (Å²) in [7, 11) is -3.82. The second-order valence-electron chi connectivity index (χ2n) is 7.53. The van der Waals surface area contributed by atoms with Gasteiger partial charge in [-0.3, -0.25) is 9.52 Å². The first-order valence-corrected chi connectivity index (χ1v) is 12.1. The minimum Gasteiger partial charge on any atom is -0.483 e. The van der Waals surface area contributed by atoms with Crippen molar-refractivity contribution < 1.29 is 17.9 Å². The molecule has 8 heteroatoms. The SMILES string of the molecule is CC[C@H](c1ccccc1)N1Cc2cc(NS(=O)(=O)c3cccc(Cl)c3)ccc2OCC1=O. The average Bonchev–Trinajstić information content (AvgIpc) is 2.94. The predicted molar refractivity (Wildman–Crippen MR) is 124 cm³/mol. The first kappa shape index (κ1) is 22.2. The van der Waals surface area contributed by atoms with Gasteiger partial charge in [0.05, 0.1) is 17.5 Å². The quantitative estimate of drug-likeness (QED) is 0.549. The van der Waals surface area contributed by atoms with Gasteiger partial charge in [-0.1, -0.05) is 54.9 Å².